The Balaban J connectivity index is 1.51. The van der Waals surface area contributed by atoms with Gasteiger partial charge in [0.15, 0.2) is 0 Å². The Morgan fingerprint density at radius 3 is 2.67 bits per heavy atom. The molecule has 134 valence electrons. The molecule has 0 bridgehead atoms. The van der Waals surface area contributed by atoms with Gasteiger partial charge in [-0.25, -0.2) is 0 Å². The minimum absolute atomic E-state index is 0.0238. The molecule has 0 saturated carbocycles. The van der Waals surface area contributed by atoms with Crippen LogP contribution in [-0.2, 0) is 9.53 Å². The second-order valence-corrected chi connectivity index (χ2v) is 7.02. The Bertz CT molecular complexity index is 511. The SMILES string of the molecule is CC1CN(CCCNC(=O)CCNC(=O)c2ccsc2)CC(C)O1. The zero-order valence-electron chi connectivity index (χ0n) is 14.4. The number of hydrogen-bond acceptors (Lipinski definition) is 5. The Morgan fingerprint density at radius 2 is 2.00 bits per heavy atom. The molecular formula is C17H27N3O3S. The molecule has 2 atom stereocenters. The lowest BCUT2D eigenvalue weighted by atomic mass is 10.2. The summed E-state index contributed by atoms with van der Waals surface area (Å²) in [6.07, 6.45) is 1.78. The molecule has 6 nitrogen and oxygen atoms in total. The first-order valence-corrected chi connectivity index (χ1v) is 9.44. The van der Waals surface area contributed by atoms with Crippen molar-refractivity contribution in [3.63, 3.8) is 0 Å². The van der Waals surface area contributed by atoms with Gasteiger partial charge in [-0.2, -0.15) is 11.3 Å². The van der Waals surface area contributed by atoms with Crippen LogP contribution in [0.15, 0.2) is 16.8 Å². The first kappa shape index (κ1) is 18.9. The third-order valence-corrected chi connectivity index (χ3v) is 4.57. The van der Waals surface area contributed by atoms with Gasteiger partial charge < -0.3 is 15.4 Å². The fourth-order valence-corrected chi connectivity index (χ4v) is 3.51. The van der Waals surface area contributed by atoms with Crippen LogP contribution in [0, 0.1) is 0 Å². The number of ether oxygens (including phenoxy) is 1. The normalized spacial score (nSPS) is 21.4. The van der Waals surface area contributed by atoms with E-state index >= 15 is 0 Å². The van der Waals surface area contributed by atoms with E-state index in [1.165, 1.54) is 11.3 Å². The number of carbonyl (C=O) groups excluding carboxylic acids is 2. The summed E-state index contributed by atoms with van der Waals surface area (Å²) in [5, 5.41) is 9.31. The quantitative estimate of drug-likeness (QED) is 0.695. The van der Waals surface area contributed by atoms with Gasteiger partial charge in [-0.3, -0.25) is 14.5 Å². The van der Waals surface area contributed by atoms with E-state index in [1.807, 2.05) is 5.38 Å². The molecule has 1 aromatic rings. The van der Waals surface area contributed by atoms with Crippen LogP contribution in [0.2, 0.25) is 0 Å². The lowest BCUT2D eigenvalue weighted by Gasteiger charge is -2.35. The predicted octanol–water partition coefficient (Wildman–Crippen LogP) is 1.48. The van der Waals surface area contributed by atoms with Gasteiger partial charge in [0.2, 0.25) is 5.91 Å². The van der Waals surface area contributed by atoms with Gasteiger partial charge in [-0.05, 0) is 31.7 Å². The van der Waals surface area contributed by atoms with Crippen molar-refractivity contribution < 1.29 is 14.3 Å². The van der Waals surface area contributed by atoms with Crippen LogP contribution in [0.3, 0.4) is 0 Å². The summed E-state index contributed by atoms with van der Waals surface area (Å²) < 4.78 is 5.71. The Morgan fingerprint density at radius 1 is 1.25 bits per heavy atom. The van der Waals surface area contributed by atoms with E-state index in [-0.39, 0.29) is 24.0 Å². The number of amides is 2. The van der Waals surface area contributed by atoms with Gasteiger partial charge in [-0.1, -0.05) is 0 Å². The third-order valence-electron chi connectivity index (χ3n) is 3.89. The van der Waals surface area contributed by atoms with Crippen molar-refractivity contribution >= 4 is 23.2 Å². The van der Waals surface area contributed by atoms with E-state index in [4.69, 9.17) is 4.74 Å². The zero-order chi connectivity index (χ0) is 17.4. The monoisotopic (exact) mass is 353 g/mol. The number of rotatable bonds is 8. The van der Waals surface area contributed by atoms with Crippen molar-refractivity contribution in [2.24, 2.45) is 0 Å². The molecule has 0 aromatic carbocycles. The lowest BCUT2D eigenvalue weighted by Crippen LogP contribution is -2.46. The molecule has 24 heavy (non-hydrogen) atoms. The zero-order valence-corrected chi connectivity index (χ0v) is 15.2. The topological polar surface area (TPSA) is 70.7 Å². The van der Waals surface area contributed by atoms with Crippen molar-refractivity contribution in [3.05, 3.63) is 22.4 Å². The Labute approximate surface area is 147 Å². The summed E-state index contributed by atoms with van der Waals surface area (Å²) in [6, 6.07) is 1.77. The molecule has 1 fully saturated rings. The van der Waals surface area contributed by atoms with Crippen molar-refractivity contribution in [1.82, 2.24) is 15.5 Å². The van der Waals surface area contributed by atoms with Crippen LogP contribution >= 0.6 is 11.3 Å². The van der Waals surface area contributed by atoms with Crippen molar-refractivity contribution in [3.8, 4) is 0 Å². The maximum absolute atomic E-state index is 11.8. The fraction of sp³-hybridized carbons (Fsp3) is 0.647. The van der Waals surface area contributed by atoms with Crippen LogP contribution in [0.1, 0.15) is 37.0 Å². The average molecular weight is 353 g/mol. The van der Waals surface area contributed by atoms with Gasteiger partial charge in [0.1, 0.15) is 0 Å². The largest absolute Gasteiger partial charge is 0.373 e. The molecule has 2 rings (SSSR count). The summed E-state index contributed by atoms with van der Waals surface area (Å²) in [5.74, 6) is -0.149. The number of nitrogens with one attached hydrogen (secondary N) is 2. The summed E-state index contributed by atoms with van der Waals surface area (Å²) >= 11 is 1.48. The first-order chi connectivity index (χ1) is 11.5. The van der Waals surface area contributed by atoms with Crippen LogP contribution in [0.25, 0.3) is 0 Å². The predicted molar refractivity (Wildman–Crippen MR) is 95.3 cm³/mol. The molecule has 2 heterocycles. The highest BCUT2D eigenvalue weighted by Crippen LogP contribution is 2.10. The van der Waals surface area contributed by atoms with Crippen LogP contribution < -0.4 is 10.6 Å². The van der Waals surface area contributed by atoms with Crippen LogP contribution in [0.4, 0.5) is 0 Å². The van der Waals surface area contributed by atoms with E-state index in [9.17, 15) is 9.59 Å². The molecule has 2 amide bonds. The Kier molecular flexibility index (Phi) is 7.68. The fourth-order valence-electron chi connectivity index (χ4n) is 2.87. The van der Waals surface area contributed by atoms with Crippen LogP contribution in [-0.4, -0.2) is 61.6 Å². The second-order valence-electron chi connectivity index (χ2n) is 6.24. The van der Waals surface area contributed by atoms with E-state index in [2.05, 4.69) is 29.4 Å². The first-order valence-electron chi connectivity index (χ1n) is 8.49. The standard InChI is InChI=1S/C17H27N3O3S/c1-13-10-20(11-14(2)23-13)8-3-6-18-16(21)4-7-19-17(22)15-5-9-24-12-15/h5,9,12-14H,3-4,6-8,10-11H2,1-2H3,(H,18,21)(H,19,22). The summed E-state index contributed by atoms with van der Waals surface area (Å²) in [7, 11) is 0. The third kappa shape index (κ3) is 6.59. The number of thiophene rings is 1. The summed E-state index contributed by atoms with van der Waals surface area (Å²) in [4.78, 5) is 25.9. The minimum Gasteiger partial charge on any atom is -0.373 e. The van der Waals surface area contributed by atoms with E-state index in [0.29, 0.717) is 25.1 Å². The summed E-state index contributed by atoms with van der Waals surface area (Å²) in [5.41, 5.74) is 0.648. The van der Waals surface area contributed by atoms with Gasteiger partial charge in [0.25, 0.3) is 5.91 Å². The molecule has 0 spiro atoms. The number of nitrogens with zero attached hydrogens (tertiary/aromatic N) is 1. The molecule has 1 aliphatic heterocycles. The molecule has 0 aliphatic carbocycles. The number of carbonyl (C=O) groups is 2. The van der Waals surface area contributed by atoms with Crippen molar-refractivity contribution in [2.45, 2.75) is 38.9 Å². The highest BCUT2D eigenvalue weighted by molar-refractivity contribution is 7.08. The Hall–Kier alpha value is -1.44. The highest BCUT2D eigenvalue weighted by atomic mass is 32.1. The van der Waals surface area contributed by atoms with E-state index in [1.54, 1.807) is 11.4 Å². The molecule has 1 aliphatic rings. The van der Waals surface area contributed by atoms with Gasteiger partial charge in [0, 0.05) is 50.1 Å². The number of morpholine rings is 1. The molecule has 1 aromatic heterocycles. The van der Waals surface area contributed by atoms with E-state index < -0.39 is 0 Å². The molecule has 2 N–H and O–H groups in total. The molecule has 1 saturated heterocycles. The molecule has 7 heteroatoms. The summed E-state index contributed by atoms with van der Waals surface area (Å²) in [6.45, 7) is 8.08. The van der Waals surface area contributed by atoms with Gasteiger partial charge in [0.05, 0.1) is 12.2 Å². The van der Waals surface area contributed by atoms with Crippen molar-refractivity contribution in [1.29, 1.82) is 0 Å². The van der Waals surface area contributed by atoms with Gasteiger partial charge in [-0.15, -0.1) is 0 Å². The van der Waals surface area contributed by atoms with Gasteiger partial charge >= 0.3 is 0 Å². The maximum Gasteiger partial charge on any atom is 0.252 e. The molecular weight excluding hydrogens is 326 g/mol. The number of hydrogen-bond donors (Lipinski definition) is 2. The maximum atomic E-state index is 11.8. The second kappa shape index (κ2) is 9.76. The molecule has 0 radical (unpaired) electrons. The minimum atomic E-state index is -0.125. The average Bonchev–Trinajstić information content (AvgIpc) is 3.05. The van der Waals surface area contributed by atoms with Crippen molar-refractivity contribution in [2.75, 3.05) is 32.7 Å². The lowest BCUT2D eigenvalue weighted by molar-refractivity contribution is -0.121. The van der Waals surface area contributed by atoms with Crippen LogP contribution in [0.5, 0.6) is 0 Å². The smallest absolute Gasteiger partial charge is 0.252 e. The molecule has 2 unspecified atom stereocenters. The van der Waals surface area contributed by atoms with E-state index in [0.717, 1.165) is 26.1 Å². The highest BCUT2D eigenvalue weighted by Gasteiger charge is 2.21.